The van der Waals surface area contributed by atoms with Crippen molar-refractivity contribution in [1.82, 2.24) is 19.6 Å². The fourth-order valence-corrected chi connectivity index (χ4v) is 12.7. The number of nitro groups is 1. The number of hydrogen-bond acceptors (Lipinski definition) is 15. The average molecular weight is 991 g/mol. The first-order valence-corrected chi connectivity index (χ1v) is 26.6. The number of benzene rings is 3. The fraction of sp³-hybridized carbons (Fsp3) is 0.500. The molecule has 19 heteroatoms. The first kappa shape index (κ1) is 47.3. The number of sulfonamides is 1. The molecule has 3 atom stereocenters. The van der Waals surface area contributed by atoms with Crippen LogP contribution in [0.25, 0.3) is 11.0 Å². The van der Waals surface area contributed by atoms with Gasteiger partial charge in [0, 0.05) is 80.9 Å². The number of nitro benzene ring substituents is 1. The highest BCUT2D eigenvalue weighted by atomic mass is 32.2. The number of H-pyrrole nitrogens is 1. The van der Waals surface area contributed by atoms with Gasteiger partial charge in [0.15, 0.2) is 0 Å². The van der Waals surface area contributed by atoms with Crippen LogP contribution in [0.1, 0.15) is 80.8 Å². The lowest BCUT2D eigenvalue weighted by Crippen LogP contribution is -2.57. The minimum Gasteiger partial charge on any atom is -0.491 e. The Morgan fingerprint density at radius 3 is 2.52 bits per heavy atom. The minimum atomic E-state index is -4.60. The lowest BCUT2D eigenvalue weighted by Gasteiger charge is -2.57. The van der Waals surface area contributed by atoms with E-state index in [9.17, 15) is 23.3 Å². The van der Waals surface area contributed by atoms with Crippen LogP contribution < -0.4 is 29.3 Å². The second-order valence-corrected chi connectivity index (χ2v) is 22.0. The van der Waals surface area contributed by atoms with Crippen molar-refractivity contribution in [3.05, 3.63) is 100 Å². The highest BCUT2D eigenvalue weighted by molar-refractivity contribution is 7.90. The highest BCUT2D eigenvalue weighted by Gasteiger charge is 2.50. The van der Waals surface area contributed by atoms with E-state index in [1.807, 2.05) is 36.5 Å². The number of aromatic nitrogens is 2. The summed E-state index contributed by atoms with van der Waals surface area (Å²) in [6, 6.07) is 21.8. The minimum absolute atomic E-state index is 0.0696. The summed E-state index contributed by atoms with van der Waals surface area (Å²) >= 11 is 0. The predicted octanol–water partition coefficient (Wildman–Crippen LogP) is 7.73. The quantitative estimate of drug-likeness (QED) is 0.0764. The first-order valence-electron chi connectivity index (χ1n) is 25.1. The van der Waals surface area contributed by atoms with Crippen LogP contribution in [-0.2, 0) is 24.2 Å². The van der Waals surface area contributed by atoms with Crippen molar-refractivity contribution in [2.45, 2.75) is 94.0 Å². The zero-order valence-electron chi connectivity index (χ0n) is 40.2. The summed E-state index contributed by atoms with van der Waals surface area (Å²) < 4.78 is 60.7. The van der Waals surface area contributed by atoms with Gasteiger partial charge in [-0.15, -0.1) is 0 Å². The zero-order chi connectivity index (χ0) is 48.9. The summed E-state index contributed by atoms with van der Waals surface area (Å²) in [6.45, 7) is 10.5. The zero-order valence-corrected chi connectivity index (χ0v) is 41.0. The summed E-state index contributed by atoms with van der Waals surface area (Å²) in [6.07, 6.45) is 7.90. The maximum Gasteiger partial charge on any atom is 0.293 e. The van der Waals surface area contributed by atoms with Crippen LogP contribution in [-0.4, -0.2) is 124 Å². The van der Waals surface area contributed by atoms with Crippen molar-refractivity contribution < 1.29 is 41.8 Å². The molecule has 2 aromatic heterocycles. The number of morpholine rings is 1. The van der Waals surface area contributed by atoms with Gasteiger partial charge in [0.25, 0.3) is 21.6 Å². The molecule has 0 bridgehead atoms. The fourth-order valence-electron chi connectivity index (χ4n) is 11.7. The van der Waals surface area contributed by atoms with Gasteiger partial charge in [-0.2, -0.15) is 4.98 Å². The predicted molar refractivity (Wildman–Crippen MR) is 267 cm³/mol. The lowest BCUT2D eigenvalue weighted by atomic mass is 9.59. The van der Waals surface area contributed by atoms with Crippen LogP contribution >= 0.6 is 0 Å². The number of ether oxygens (including phenoxy) is 5. The van der Waals surface area contributed by atoms with Crippen LogP contribution in [0.15, 0.2) is 83.9 Å². The van der Waals surface area contributed by atoms with Gasteiger partial charge in [0.05, 0.1) is 59.1 Å². The van der Waals surface area contributed by atoms with E-state index < -0.39 is 37.5 Å². The Hall–Kier alpha value is -5.99. The molecule has 4 saturated heterocycles. The van der Waals surface area contributed by atoms with Gasteiger partial charge >= 0.3 is 0 Å². The number of nitrogens with zero attached hydrogens (tertiary/aromatic N) is 5. The molecular formula is C52H62N8O10S. The highest BCUT2D eigenvalue weighted by Crippen LogP contribution is 2.54. The Bertz CT molecular complexity index is 2890. The summed E-state index contributed by atoms with van der Waals surface area (Å²) in [5.74, 6) is 0.679. The number of carbonyl (C=O) groups is 1. The topological polar surface area (TPSA) is 203 Å². The third kappa shape index (κ3) is 9.49. The Labute approximate surface area is 413 Å². The standard InChI is InChI=1S/C52H62N8O10S/c1-33(2)69-47-6-4-3-5-39(47)46-31-68-24-20-58(46)37-28-52(29-37)15-18-57(19-16-52)36-7-9-40(43(26-36)59-42-14-23-67-32-48(42)70-51-45(59)25-35-11-17-53-49(35)55-51)50(61)56-71(64,65)38-8-10-41(44(27-38)60(62)63)54-30-34-12-21-66-22-13-34/h3-11,17,25-27,33-34,37,42,46,48,54H,12-16,18-24,28-32H2,1-2H3,(H,53,55)(H,56,61)/t42-,46-,48-/m0/s1. The van der Waals surface area contributed by atoms with Gasteiger partial charge in [-0.3, -0.25) is 19.8 Å². The van der Waals surface area contributed by atoms with Gasteiger partial charge in [0.2, 0.25) is 5.88 Å². The smallest absolute Gasteiger partial charge is 0.293 e. The van der Waals surface area contributed by atoms with E-state index in [2.05, 4.69) is 61.8 Å². The van der Waals surface area contributed by atoms with Gasteiger partial charge in [-0.1, -0.05) is 18.2 Å². The number of rotatable bonds is 13. The van der Waals surface area contributed by atoms with E-state index in [0.717, 1.165) is 81.0 Å². The van der Waals surface area contributed by atoms with E-state index in [4.69, 9.17) is 28.7 Å². The maximum atomic E-state index is 14.7. The molecule has 11 rings (SSSR count). The molecule has 5 aromatic rings. The van der Waals surface area contributed by atoms with Gasteiger partial charge in [-0.05, 0) is 119 Å². The van der Waals surface area contributed by atoms with Gasteiger partial charge in [0.1, 0.15) is 28.9 Å². The van der Waals surface area contributed by atoms with Crippen LogP contribution in [0.3, 0.4) is 0 Å². The SMILES string of the molecule is CC(C)Oc1ccccc1[C@@H]1COCCN1C1CC2(CCN(c3ccc(C(=O)NS(=O)(=O)c4ccc(NCC5CCOCC5)c([N+](=O)[O-])c4)c(N4c5cc6cc[nH]c6nc5O[C@H]5COCC[C@@H]54)c3)CC2)C1. The summed E-state index contributed by atoms with van der Waals surface area (Å²) in [5.41, 5.74) is 4.00. The normalized spacial score (nSPS) is 22.9. The number of piperidine rings is 1. The number of amides is 1. The molecule has 5 fully saturated rings. The molecule has 71 heavy (non-hydrogen) atoms. The van der Waals surface area contributed by atoms with Crippen molar-refractivity contribution in [1.29, 1.82) is 0 Å². The number of para-hydroxylation sites is 1. The molecule has 5 aliphatic heterocycles. The third-order valence-electron chi connectivity index (χ3n) is 15.5. The Balaban J connectivity index is 0.868. The number of fused-ring (bicyclic) bond motifs is 3. The van der Waals surface area contributed by atoms with Crippen molar-refractivity contribution in [3.63, 3.8) is 0 Å². The van der Waals surface area contributed by atoms with Crippen molar-refractivity contribution in [2.24, 2.45) is 11.3 Å². The van der Waals surface area contributed by atoms with Crippen molar-refractivity contribution >= 4 is 55.4 Å². The number of pyridine rings is 1. The monoisotopic (exact) mass is 990 g/mol. The molecule has 18 nitrogen and oxygen atoms in total. The number of hydrogen-bond donors (Lipinski definition) is 3. The van der Waals surface area contributed by atoms with E-state index in [1.54, 1.807) is 6.07 Å². The van der Waals surface area contributed by atoms with Gasteiger partial charge < -0.3 is 43.8 Å². The molecular weight excluding hydrogens is 929 g/mol. The molecule has 1 aliphatic carbocycles. The number of nitrogens with one attached hydrogen (secondary N) is 3. The molecule has 0 radical (unpaired) electrons. The molecule has 3 N–H and O–H groups in total. The molecule has 0 unspecified atom stereocenters. The molecule has 1 spiro atoms. The van der Waals surface area contributed by atoms with E-state index >= 15 is 0 Å². The average Bonchev–Trinajstić information content (AvgIpc) is 3.83. The van der Waals surface area contributed by atoms with Crippen LogP contribution in [0.2, 0.25) is 0 Å². The first-order chi connectivity index (χ1) is 34.4. The molecule has 1 amide bonds. The second-order valence-electron chi connectivity index (χ2n) is 20.3. The van der Waals surface area contributed by atoms with E-state index in [0.29, 0.717) is 81.6 Å². The van der Waals surface area contributed by atoms with E-state index in [1.165, 1.54) is 17.7 Å². The molecule has 1 saturated carbocycles. The molecule has 7 heterocycles. The molecule has 6 aliphatic rings. The number of aromatic amines is 1. The third-order valence-corrected chi connectivity index (χ3v) is 16.9. The van der Waals surface area contributed by atoms with Crippen LogP contribution in [0.5, 0.6) is 11.6 Å². The number of carbonyl (C=O) groups excluding carboxylic acids is 1. The maximum absolute atomic E-state index is 14.7. The number of anilines is 4. The lowest BCUT2D eigenvalue weighted by molar-refractivity contribution is -0.384. The summed E-state index contributed by atoms with van der Waals surface area (Å²) in [7, 11) is -4.60. The van der Waals surface area contributed by atoms with Crippen molar-refractivity contribution in [3.8, 4) is 11.6 Å². The van der Waals surface area contributed by atoms with Gasteiger partial charge in [-0.25, -0.2) is 13.1 Å². The Morgan fingerprint density at radius 1 is 0.930 bits per heavy atom. The second kappa shape index (κ2) is 19.6. The summed E-state index contributed by atoms with van der Waals surface area (Å²) in [4.78, 5) is 41.1. The Kier molecular flexibility index (Phi) is 13.0. The Morgan fingerprint density at radius 2 is 1.72 bits per heavy atom. The van der Waals surface area contributed by atoms with Crippen LogP contribution in [0.4, 0.5) is 28.4 Å². The molecule has 376 valence electrons. The van der Waals surface area contributed by atoms with E-state index in [-0.39, 0.29) is 40.8 Å². The largest absolute Gasteiger partial charge is 0.491 e. The summed E-state index contributed by atoms with van der Waals surface area (Å²) in [5, 5.41) is 16.3. The van der Waals surface area contributed by atoms with Crippen molar-refractivity contribution in [2.75, 3.05) is 80.9 Å². The molecule has 3 aromatic carbocycles. The van der Waals surface area contributed by atoms with Crippen LogP contribution in [0, 0.1) is 21.4 Å².